The number of esters is 1. The number of carbonyl (C=O) groups excluding carboxylic acids is 4. The van der Waals surface area contributed by atoms with Gasteiger partial charge >= 0.3 is 5.97 Å². The number of anilines is 1. The highest BCUT2D eigenvalue weighted by Crippen LogP contribution is 2.26. The Bertz CT molecular complexity index is 1070. The van der Waals surface area contributed by atoms with E-state index in [1.54, 1.807) is 30.3 Å². The van der Waals surface area contributed by atoms with Gasteiger partial charge in [-0.15, -0.1) is 0 Å². The fourth-order valence-electron chi connectivity index (χ4n) is 3.23. The number of nitrogens with one attached hydrogen (secondary N) is 2. The second-order valence-electron chi connectivity index (χ2n) is 7.71. The topological polar surface area (TPSA) is 105 Å². The second-order valence-corrected chi connectivity index (χ2v) is 8.57. The normalized spacial score (nSPS) is 15.4. The molecule has 0 saturated carbocycles. The largest absolute Gasteiger partial charge is 0.455 e. The molecule has 0 spiro atoms. The highest BCUT2D eigenvalue weighted by Gasteiger charge is 2.36. The highest BCUT2D eigenvalue weighted by molar-refractivity contribution is 9.10. The van der Waals surface area contributed by atoms with E-state index in [2.05, 4.69) is 26.7 Å². The van der Waals surface area contributed by atoms with Crippen LogP contribution in [0.5, 0.6) is 0 Å². The van der Waals surface area contributed by atoms with Crippen LogP contribution in [0.3, 0.4) is 0 Å². The molecule has 0 unspecified atom stereocenters. The molecular formula is C23H24BrN3O5. The molecule has 2 aromatic rings. The summed E-state index contributed by atoms with van der Waals surface area (Å²) in [5, 5.41) is 3.83. The number of halogens is 1. The van der Waals surface area contributed by atoms with E-state index >= 15 is 0 Å². The van der Waals surface area contributed by atoms with Gasteiger partial charge in [-0.05, 0) is 56.2 Å². The van der Waals surface area contributed by atoms with Crippen LogP contribution in [0.2, 0.25) is 0 Å². The van der Waals surface area contributed by atoms with Crippen molar-refractivity contribution in [1.82, 2.24) is 10.4 Å². The maximum Gasteiger partial charge on any atom is 0.311 e. The number of aryl methyl sites for hydroxylation is 1. The number of nitrogens with zero attached hydrogens (tertiary/aromatic N) is 1. The Balaban J connectivity index is 1.50. The van der Waals surface area contributed by atoms with Crippen LogP contribution in [0, 0.1) is 26.7 Å². The molecule has 1 heterocycles. The molecule has 0 aliphatic carbocycles. The zero-order valence-corrected chi connectivity index (χ0v) is 19.6. The van der Waals surface area contributed by atoms with Gasteiger partial charge in [0.15, 0.2) is 6.61 Å². The lowest BCUT2D eigenvalue weighted by Gasteiger charge is -2.17. The van der Waals surface area contributed by atoms with E-state index in [4.69, 9.17) is 4.74 Å². The van der Waals surface area contributed by atoms with Gasteiger partial charge in [-0.1, -0.05) is 33.6 Å². The SMILES string of the molecule is Cc1ccc(C(=O)NN2C[C@@H](C(=O)OCC(=O)Nc3ccc(Br)c(C)c3C)CC2=O)cc1. The quantitative estimate of drug-likeness (QED) is 0.591. The van der Waals surface area contributed by atoms with Gasteiger partial charge in [-0.3, -0.25) is 29.6 Å². The van der Waals surface area contributed by atoms with E-state index in [0.29, 0.717) is 11.3 Å². The molecule has 8 nitrogen and oxygen atoms in total. The van der Waals surface area contributed by atoms with Gasteiger partial charge in [-0.2, -0.15) is 0 Å². The van der Waals surface area contributed by atoms with E-state index in [1.807, 2.05) is 26.8 Å². The van der Waals surface area contributed by atoms with Crippen molar-refractivity contribution in [1.29, 1.82) is 0 Å². The van der Waals surface area contributed by atoms with Gasteiger partial charge in [-0.25, -0.2) is 0 Å². The van der Waals surface area contributed by atoms with Crippen LogP contribution in [-0.4, -0.2) is 41.9 Å². The lowest BCUT2D eigenvalue weighted by atomic mass is 10.1. The predicted molar refractivity (Wildman–Crippen MR) is 122 cm³/mol. The van der Waals surface area contributed by atoms with E-state index in [0.717, 1.165) is 26.2 Å². The molecule has 0 radical (unpaired) electrons. The maximum absolute atomic E-state index is 12.4. The Kier molecular flexibility index (Phi) is 7.29. The van der Waals surface area contributed by atoms with Crippen molar-refractivity contribution in [2.75, 3.05) is 18.5 Å². The number of amides is 3. The molecule has 3 amide bonds. The molecule has 1 aliphatic heterocycles. The first-order valence-corrected chi connectivity index (χ1v) is 10.8. The molecule has 1 atom stereocenters. The molecule has 0 bridgehead atoms. The number of rotatable bonds is 6. The summed E-state index contributed by atoms with van der Waals surface area (Å²) in [7, 11) is 0. The van der Waals surface area contributed by atoms with Gasteiger partial charge in [0.05, 0.1) is 12.5 Å². The lowest BCUT2D eigenvalue weighted by molar-refractivity contribution is -0.151. The Morgan fingerprint density at radius 3 is 2.44 bits per heavy atom. The summed E-state index contributed by atoms with van der Waals surface area (Å²) in [6.07, 6.45) is -0.0976. The minimum atomic E-state index is -0.759. The molecule has 1 saturated heterocycles. The van der Waals surface area contributed by atoms with E-state index < -0.39 is 36.2 Å². The van der Waals surface area contributed by atoms with Gasteiger partial charge < -0.3 is 10.1 Å². The standard InChI is InChI=1S/C23H24BrN3O5/c1-13-4-6-16(7-5-13)22(30)26-27-11-17(10-21(27)29)23(31)32-12-20(28)25-19-9-8-18(24)14(2)15(19)3/h4-9,17H,10-12H2,1-3H3,(H,25,28)(H,26,30)/t17-/m0/s1. The van der Waals surface area contributed by atoms with Gasteiger partial charge in [0, 0.05) is 22.1 Å². The molecule has 32 heavy (non-hydrogen) atoms. The van der Waals surface area contributed by atoms with Crippen molar-refractivity contribution in [3.8, 4) is 0 Å². The lowest BCUT2D eigenvalue weighted by Crippen LogP contribution is -2.43. The number of carbonyl (C=O) groups is 4. The van der Waals surface area contributed by atoms with Gasteiger partial charge in [0.1, 0.15) is 0 Å². The van der Waals surface area contributed by atoms with Gasteiger partial charge in [0.2, 0.25) is 5.91 Å². The van der Waals surface area contributed by atoms with Crippen molar-refractivity contribution in [3.05, 3.63) is 63.1 Å². The van der Waals surface area contributed by atoms with E-state index in [-0.39, 0.29) is 13.0 Å². The molecule has 1 aliphatic rings. The summed E-state index contributed by atoms with van der Waals surface area (Å²) < 4.78 is 6.04. The highest BCUT2D eigenvalue weighted by atomic mass is 79.9. The smallest absolute Gasteiger partial charge is 0.311 e. The fraction of sp³-hybridized carbons (Fsp3) is 0.304. The molecule has 1 fully saturated rings. The number of hydrazine groups is 1. The van der Waals surface area contributed by atoms with E-state index in [9.17, 15) is 19.2 Å². The zero-order chi connectivity index (χ0) is 23.4. The van der Waals surface area contributed by atoms with Crippen molar-refractivity contribution in [2.24, 2.45) is 5.92 Å². The van der Waals surface area contributed by atoms with Crippen LogP contribution < -0.4 is 10.7 Å². The van der Waals surface area contributed by atoms with Crippen molar-refractivity contribution < 1.29 is 23.9 Å². The Labute approximate surface area is 194 Å². The molecule has 0 aromatic heterocycles. The van der Waals surface area contributed by atoms with Crippen molar-refractivity contribution in [2.45, 2.75) is 27.2 Å². The number of hydrogen-bond donors (Lipinski definition) is 2. The Morgan fingerprint density at radius 1 is 1.06 bits per heavy atom. The summed E-state index contributed by atoms with van der Waals surface area (Å²) in [6.45, 7) is 5.24. The average molecular weight is 502 g/mol. The second kappa shape index (κ2) is 9.95. The molecule has 168 valence electrons. The number of benzene rings is 2. The molecular weight excluding hydrogens is 478 g/mol. The first-order valence-electron chi connectivity index (χ1n) is 10.1. The van der Waals surface area contributed by atoms with Crippen molar-refractivity contribution in [3.63, 3.8) is 0 Å². The summed E-state index contributed by atoms with van der Waals surface area (Å²) >= 11 is 3.43. The maximum atomic E-state index is 12.4. The molecule has 2 aromatic carbocycles. The Hall–Kier alpha value is -3.20. The number of ether oxygens (including phenoxy) is 1. The fourth-order valence-corrected chi connectivity index (χ4v) is 3.66. The first-order chi connectivity index (χ1) is 15.2. The van der Waals surface area contributed by atoms with E-state index in [1.165, 1.54) is 0 Å². The third-order valence-corrected chi connectivity index (χ3v) is 6.21. The number of hydrogen-bond acceptors (Lipinski definition) is 5. The van der Waals surface area contributed by atoms with Crippen LogP contribution in [0.4, 0.5) is 5.69 Å². The van der Waals surface area contributed by atoms with Gasteiger partial charge in [0.25, 0.3) is 11.8 Å². The van der Waals surface area contributed by atoms with Crippen LogP contribution in [0.15, 0.2) is 40.9 Å². The average Bonchev–Trinajstić information content (AvgIpc) is 3.13. The monoisotopic (exact) mass is 501 g/mol. The summed E-state index contributed by atoms with van der Waals surface area (Å²) in [5.41, 5.74) is 6.47. The first kappa shape index (κ1) is 23.5. The Morgan fingerprint density at radius 2 is 1.75 bits per heavy atom. The van der Waals surface area contributed by atoms with Crippen LogP contribution in [0.1, 0.15) is 33.5 Å². The summed E-state index contributed by atoms with van der Waals surface area (Å²) in [6, 6.07) is 10.5. The zero-order valence-electron chi connectivity index (χ0n) is 18.0. The third-order valence-electron chi connectivity index (χ3n) is 5.35. The van der Waals surface area contributed by atoms with Crippen LogP contribution in [0.25, 0.3) is 0 Å². The van der Waals surface area contributed by atoms with Crippen molar-refractivity contribution >= 4 is 45.3 Å². The third kappa shape index (κ3) is 5.53. The molecule has 3 rings (SSSR count). The molecule has 2 N–H and O–H groups in total. The molecule has 9 heteroatoms. The summed E-state index contributed by atoms with van der Waals surface area (Å²) in [4.78, 5) is 49.1. The summed E-state index contributed by atoms with van der Waals surface area (Å²) in [5.74, 6) is -2.73. The predicted octanol–water partition coefficient (Wildman–Crippen LogP) is 3.05. The minimum Gasteiger partial charge on any atom is -0.455 e. The van der Waals surface area contributed by atoms with Crippen LogP contribution in [-0.2, 0) is 19.1 Å². The van der Waals surface area contributed by atoms with Crippen LogP contribution >= 0.6 is 15.9 Å². The minimum absolute atomic E-state index is 0.0120.